The molecule has 36 heavy (non-hydrogen) atoms. The zero-order chi connectivity index (χ0) is 25.2. The van der Waals surface area contributed by atoms with Crippen molar-refractivity contribution in [1.82, 2.24) is 0 Å². The number of carbonyl (C=O) groups is 1. The van der Waals surface area contributed by atoms with E-state index >= 15 is 0 Å². The third-order valence-corrected chi connectivity index (χ3v) is 5.48. The van der Waals surface area contributed by atoms with Crippen LogP contribution in [0, 0.1) is 0 Å². The summed E-state index contributed by atoms with van der Waals surface area (Å²) in [5.74, 6) is 1.64. The average molecular weight is 481 g/mol. The SMILES string of the molecule is CCCCOc1ccc(N=Nc2ccc(OC(=O)c3ccc(-c4ccc(OC)cc4)cc3)cc2)cc1. The molecule has 182 valence electrons. The Morgan fingerprint density at radius 1 is 0.667 bits per heavy atom. The highest BCUT2D eigenvalue weighted by molar-refractivity contribution is 5.91. The Labute approximate surface area is 211 Å². The molecule has 0 unspecified atom stereocenters. The molecule has 0 aromatic heterocycles. The number of esters is 1. The monoisotopic (exact) mass is 480 g/mol. The zero-order valence-corrected chi connectivity index (χ0v) is 20.4. The van der Waals surface area contributed by atoms with Crippen LogP contribution in [0.5, 0.6) is 17.2 Å². The minimum atomic E-state index is -0.424. The van der Waals surface area contributed by atoms with Gasteiger partial charge < -0.3 is 14.2 Å². The molecule has 0 fully saturated rings. The Kier molecular flexibility index (Phi) is 8.44. The summed E-state index contributed by atoms with van der Waals surface area (Å²) in [6.07, 6.45) is 2.13. The number of nitrogens with zero attached hydrogens (tertiary/aromatic N) is 2. The number of carbonyl (C=O) groups excluding carboxylic acids is 1. The molecule has 0 N–H and O–H groups in total. The van der Waals surface area contributed by atoms with Crippen molar-refractivity contribution in [3.05, 3.63) is 103 Å². The number of rotatable bonds is 10. The Balaban J connectivity index is 1.32. The molecule has 0 saturated heterocycles. The first-order valence-electron chi connectivity index (χ1n) is 11.9. The lowest BCUT2D eigenvalue weighted by molar-refractivity contribution is 0.0735. The quantitative estimate of drug-likeness (QED) is 0.0993. The van der Waals surface area contributed by atoms with Crippen LogP contribution in [0.1, 0.15) is 30.1 Å². The predicted octanol–water partition coefficient (Wildman–Crippen LogP) is 8.18. The van der Waals surface area contributed by atoms with E-state index < -0.39 is 5.97 Å². The normalized spacial score (nSPS) is 10.8. The molecule has 6 nitrogen and oxygen atoms in total. The standard InChI is InChI=1S/C30H28N2O4/c1-3-4-21-35-28-17-11-25(12-18-28)31-32-26-13-19-29(20-14-26)36-30(33)24-7-5-22(6-8-24)23-9-15-27(34-2)16-10-23/h5-20H,3-4,21H2,1-2H3. The van der Waals surface area contributed by atoms with E-state index in [0.717, 1.165) is 41.2 Å². The van der Waals surface area contributed by atoms with Gasteiger partial charge in [-0.1, -0.05) is 37.6 Å². The lowest BCUT2D eigenvalue weighted by atomic mass is 10.0. The van der Waals surface area contributed by atoms with Gasteiger partial charge in [-0.2, -0.15) is 10.2 Å². The van der Waals surface area contributed by atoms with Gasteiger partial charge in [0.25, 0.3) is 0 Å². The Morgan fingerprint density at radius 3 is 1.69 bits per heavy atom. The van der Waals surface area contributed by atoms with Crippen LogP contribution < -0.4 is 14.2 Å². The van der Waals surface area contributed by atoms with Crippen LogP contribution in [0.25, 0.3) is 11.1 Å². The molecule has 0 heterocycles. The Hall–Kier alpha value is -4.45. The molecule has 6 heteroatoms. The van der Waals surface area contributed by atoms with Crippen molar-refractivity contribution < 1.29 is 19.0 Å². The van der Waals surface area contributed by atoms with Gasteiger partial charge in [0, 0.05) is 0 Å². The number of unbranched alkanes of at least 4 members (excludes halogenated alkanes) is 1. The van der Waals surface area contributed by atoms with Crippen LogP contribution in [0.4, 0.5) is 11.4 Å². The molecule has 0 atom stereocenters. The van der Waals surface area contributed by atoms with Crippen LogP contribution in [0.3, 0.4) is 0 Å². The lowest BCUT2D eigenvalue weighted by Gasteiger charge is -2.07. The summed E-state index contributed by atoms with van der Waals surface area (Å²) in [5, 5.41) is 8.49. The van der Waals surface area contributed by atoms with E-state index in [-0.39, 0.29) is 0 Å². The van der Waals surface area contributed by atoms with Gasteiger partial charge in [0.05, 0.1) is 30.7 Å². The molecule has 4 aromatic rings. The van der Waals surface area contributed by atoms with E-state index in [9.17, 15) is 4.79 Å². The van der Waals surface area contributed by atoms with Crippen LogP contribution in [0.15, 0.2) is 107 Å². The van der Waals surface area contributed by atoms with Crippen molar-refractivity contribution in [2.75, 3.05) is 13.7 Å². The van der Waals surface area contributed by atoms with Crippen molar-refractivity contribution in [3.8, 4) is 28.4 Å². The molecule has 4 rings (SSSR count). The molecule has 0 saturated carbocycles. The van der Waals surface area contributed by atoms with Gasteiger partial charge >= 0.3 is 5.97 Å². The summed E-state index contributed by atoms with van der Waals surface area (Å²) < 4.78 is 16.4. The molecule has 0 radical (unpaired) electrons. The average Bonchev–Trinajstić information content (AvgIpc) is 2.93. The number of ether oxygens (including phenoxy) is 3. The summed E-state index contributed by atoms with van der Waals surface area (Å²) in [6, 6.07) is 29.4. The van der Waals surface area contributed by atoms with E-state index in [1.807, 2.05) is 60.7 Å². The Bertz CT molecular complexity index is 1280. The summed E-state index contributed by atoms with van der Waals surface area (Å²) in [5.41, 5.74) is 3.89. The largest absolute Gasteiger partial charge is 0.497 e. The molecule has 0 aliphatic rings. The van der Waals surface area contributed by atoms with Crippen molar-refractivity contribution in [3.63, 3.8) is 0 Å². The van der Waals surface area contributed by atoms with Crippen LogP contribution in [-0.4, -0.2) is 19.7 Å². The highest BCUT2D eigenvalue weighted by Crippen LogP contribution is 2.25. The number of azo groups is 1. The fraction of sp³-hybridized carbons (Fsp3) is 0.167. The molecule has 4 aromatic carbocycles. The minimum Gasteiger partial charge on any atom is -0.497 e. The summed E-state index contributed by atoms with van der Waals surface area (Å²) >= 11 is 0. The lowest BCUT2D eigenvalue weighted by Crippen LogP contribution is -2.08. The van der Waals surface area contributed by atoms with E-state index in [1.165, 1.54) is 0 Å². The van der Waals surface area contributed by atoms with Gasteiger partial charge in [-0.15, -0.1) is 0 Å². The van der Waals surface area contributed by atoms with Crippen LogP contribution in [0.2, 0.25) is 0 Å². The zero-order valence-electron chi connectivity index (χ0n) is 20.4. The van der Waals surface area contributed by atoms with Crippen LogP contribution >= 0.6 is 0 Å². The molecule has 0 bridgehead atoms. The maximum atomic E-state index is 12.6. The summed E-state index contributed by atoms with van der Waals surface area (Å²) in [7, 11) is 1.64. The van der Waals surface area contributed by atoms with Gasteiger partial charge in [0.1, 0.15) is 17.2 Å². The first kappa shape index (κ1) is 24.7. The van der Waals surface area contributed by atoms with E-state index in [0.29, 0.717) is 23.6 Å². The summed E-state index contributed by atoms with van der Waals surface area (Å²) in [4.78, 5) is 12.6. The van der Waals surface area contributed by atoms with E-state index in [2.05, 4.69) is 17.2 Å². The smallest absolute Gasteiger partial charge is 0.343 e. The van der Waals surface area contributed by atoms with Crippen molar-refractivity contribution >= 4 is 17.3 Å². The molecular formula is C30H28N2O4. The van der Waals surface area contributed by atoms with Crippen molar-refractivity contribution in [2.45, 2.75) is 19.8 Å². The molecule has 0 spiro atoms. The minimum absolute atomic E-state index is 0.424. The second kappa shape index (κ2) is 12.3. The van der Waals surface area contributed by atoms with Gasteiger partial charge in [-0.3, -0.25) is 0 Å². The van der Waals surface area contributed by atoms with E-state index in [4.69, 9.17) is 14.2 Å². The van der Waals surface area contributed by atoms with Crippen LogP contribution in [-0.2, 0) is 0 Å². The molecule has 0 amide bonds. The number of hydrogen-bond acceptors (Lipinski definition) is 6. The number of methoxy groups -OCH3 is 1. The second-order valence-electron chi connectivity index (χ2n) is 8.09. The first-order valence-corrected chi connectivity index (χ1v) is 11.9. The van der Waals surface area contributed by atoms with Gasteiger partial charge in [0.15, 0.2) is 0 Å². The van der Waals surface area contributed by atoms with E-state index in [1.54, 1.807) is 43.5 Å². The number of benzene rings is 4. The molecule has 0 aliphatic heterocycles. The topological polar surface area (TPSA) is 69.5 Å². The third-order valence-electron chi connectivity index (χ3n) is 5.48. The highest BCUT2D eigenvalue weighted by Gasteiger charge is 2.09. The maximum Gasteiger partial charge on any atom is 0.343 e. The Morgan fingerprint density at radius 2 is 1.17 bits per heavy atom. The fourth-order valence-corrected chi connectivity index (χ4v) is 3.39. The fourth-order valence-electron chi connectivity index (χ4n) is 3.39. The predicted molar refractivity (Wildman–Crippen MR) is 141 cm³/mol. The van der Waals surface area contributed by atoms with Gasteiger partial charge in [0.2, 0.25) is 0 Å². The first-order chi connectivity index (χ1) is 17.6. The van der Waals surface area contributed by atoms with Gasteiger partial charge in [-0.25, -0.2) is 4.79 Å². The van der Waals surface area contributed by atoms with Crippen molar-refractivity contribution in [2.24, 2.45) is 10.2 Å². The third kappa shape index (κ3) is 6.79. The van der Waals surface area contributed by atoms with Crippen molar-refractivity contribution in [1.29, 1.82) is 0 Å². The summed E-state index contributed by atoms with van der Waals surface area (Å²) in [6.45, 7) is 2.84. The molecule has 0 aliphatic carbocycles. The second-order valence-corrected chi connectivity index (χ2v) is 8.09. The maximum absolute atomic E-state index is 12.6. The highest BCUT2D eigenvalue weighted by atomic mass is 16.5. The molecular weight excluding hydrogens is 452 g/mol. The van der Waals surface area contributed by atoms with Gasteiger partial charge in [-0.05, 0) is 90.3 Å². The number of hydrogen-bond donors (Lipinski definition) is 0.